The zero-order valence-electron chi connectivity index (χ0n) is 31.5. The van der Waals surface area contributed by atoms with Crippen LogP contribution >= 0.6 is 0 Å². The van der Waals surface area contributed by atoms with Crippen molar-refractivity contribution in [1.82, 2.24) is 4.90 Å². The summed E-state index contributed by atoms with van der Waals surface area (Å²) in [5.74, 6) is -2.47. The number of piperidine rings is 1. The van der Waals surface area contributed by atoms with Crippen molar-refractivity contribution < 1.29 is 32.4 Å². The number of carbonyl (C=O) groups is 5. The van der Waals surface area contributed by atoms with Crippen LogP contribution < -0.4 is 0 Å². The minimum Gasteiger partial charge on any atom is -0.332 e. The molecule has 1 saturated heterocycles. The Labute approximate surface area is 305 Å². The van der Waals surface area contributed by atoms with Crippen LogP contribution in [0.25, 0.3) is 0 Å². The molecule has 2 unspecified atom stereocenters. The van der Waals surface area contributed by atoms with E-state index in [-0.39, 0.29) is 71.1 Å². The second kappa shape index (κ2) is 15.2. The summed E-state index contributed by atoms with van der Waals surface area (Å²) in [4.78, 5) is 71.0. The maximum absolute atomic E-state index is 14.6. The summed E-state index contributed by atoms with van der Waals surface area (Å²) in [5, 5.41) is 0. The van der Waals surface area contributed by atoms with Crippen LogP contribution in [0, 0.1) is 45.8 Å². The fourth-order valence-corrected chi connectivity index (χ4v) is 11.3. The van der Waals surface area contributed by atoms with Crippen molar-refractivity contribution in [3.05, 3.63) is 43.0 Å². The first-order chi connectivity index (χ1) is 23.9. The predicted octanol–water partition coefficient (Wildman–Crippen LogP) is 7.39. The van der Waals surface area contributed by atoms with Gasteiger partial charge in [0.05, 0.1) is 16.7 Å². The molecular formula is C42H59NO7S. The molecule has 1 aromatic rings. The number of nitrogens with zero attached hydrogens (tertiary/aromatic N) is 1. The van der Waals surface area contributed by atoms with Gasteiger partial charge in [0.25, 0.3) is 0 Å². The van der Waals surface area contributed by atoms with E-state index in [1.54, 1.807) is 41.3 Å². The van der Waals surface area contributed by atoms with Crippen molar-refractivity contribution in [2.75, 3.05) is 12.3 Å². The Morgan fingerprint density at radius 3 is 2.22 bits per heavy atom. The highest BCUT2D eigenvalue weighted by Gasteiger charge is 2.69. The SMILES string of the molecule is C=CCCC(=O)C(=O)C(CC(=O)[C@@H]1[C@@H]2C(CN1C(=O)[C@@H](CC(=O)CC1(CS(=O)(=O)c3ccccc3)CCCCC1)C(C)(C)C)C2(C)C)CC1CC1. The van der Waals surface area contributed by atoms with Gasteiger partial charge in [-0.1, -0.05) is 91.0 Å². The van der Waals surface area contributed by atoms with Gasteiger partial charge in [-0.05, 0) is 71.8 Å². The first-order valence-corrected chi connectivity index (χ1v) is 20.9. The van der Waals surface area contributed by atoms with Crippen molar-refractivity contribution in [1.29, 1.82) is 0 Å². The molecule has 280 valence electrons. The number of amides is 1. The molecule has 0 bridgehead atoms. The molecule has 3 aliphatic carbocycles. The van der Waals surface area contributed by atoms with Gasteiger partial charge in [0.2, 0.25) is 11.7 Å². The summed E-state index contributed by atoms with van der Waals surface area (Å²) >= 11 is 0. The first kappa shape index (κ1) is 39.3. The van der Waals surface area contributed by atoms with E-state index in [4.69, 9.17) is 0 Å². The number of Topliss-reactive ketones (excluding diaryl/α,β-unsaturated/α-hetero) is 4. The maximum Gasteiger partial charge on any atom is 0.227 e. The zero-order valence-corrected chi connectivity index (χ0v) is 32.3. The Kier molecular flexibility index (Phi) is 11.7. The van der Waals surface area contributed by atoms with Gasteiger partial charge in [-0.25, -0.2) is 8.42 Å². The molecule has 51 heavy (non-hydrogen) atoms. The third kappa shape index (κ3) is 9.00. The Hall–Kier alpha value is -2.94. The van der Waals surface area contributed by atoms with Crippen LogP contribution in [0.1, 0.15) is 118 Å². The van der Waals surface area contributed by atoms with Gasteiger partial charge in [-0.2, -0.15) is 0 Å². The average Bonchev–Trinajstić information content (AvgIpc) is 3.92. The number of fused-ring (bicyclic) bond motifs is 1. The van der Waals surface area contributed by atoms with Crippen molar-refractivity contribution >= 4 is 38.9 Å². The molecule has 4 aliphatic rings. The molecule has 0 radical (unpaired) electrons. The van der Waals surface area contributed by atoms with Crippen molar-refractivity contribution in [2.24, 2.45) is 45.8 Å². The molecule has 1 heterocycles. The van der Waals surface area contributed by atoms with E-state index in [9.17, 15) is 32.4 Å². The second-order valence-corrected chi connectivity index (χ2v) is 20.0. The lowest BCUT2D eigenvalue weighted by Crippen LogP contribution is -2.51. The number of sulfone groups is 1. The third-order valence-electron chi connectivity index (χ3n) is 12.7. The molecule has 9 heteroatoms. The molecule has 1 aliphatic heterocycles. The highest BCUT2D eigenvalue weighted by Crippen LogP contribution is 2.65. The molecular weight excluding hydrogens is 663 g/mol. The summed E-state index contributed by atoms with van der Waals surface area (Å²) in [6.07, 6.45) is 8.66. The standard InChI is InChI=1S/C42H59NO7S/c1-7-8-17-34(45)38(47)29(22-28-18-19-28)23-35(46)37-36-33(41(36,5)6)26-43(37)39(48)32(40(2,3)4)24-30(44)25-42(20-13-10-14-21-42)27-51(49,50)31-15-11-9-12-16-31/h7,9,11-12,15-16,28-29,32-33,36-37H,1,8,10,13-14,17-27H2,2-6H3/t29?,32-,33?,36+,37-/m1/s1. The Morgan fingerprint density at radius 1 is 0.980 bits per heavy atom. The second-order valence-electron chi connectivity index (χ2n) is 18.0. The van der Waals surface area contributed by atoms with Crippen LogP contribution in [-0.2, 0) is 33.8 Å². The van der Waals surface area contributed by atoms with Crippen molar-refractivity contribution in [3.8, 4) is 0 Å². The lowest BCUT2D eigenvalue weighted by Gasteiger charge is -2.39. The summed E-state index contributed by atoms with van der Waals surface area (Å²) in [5.41, 5.74) is -1.41. The number of hydrogen-bond donors (Lipinski definition) is 0. The fraction of sp³-hybridized carbons (Fsp3) is 0.690. The van der Waals surface area contributed by atoms with Gasteiger partial charge in [0.15, 0.2) is 21.4 Å². The normalized spacial score (nSPS) is 25.0. The van der Waals surface area contributed by atoms with E-state index >= 15 is 0 Å². The Bertz CT molecular complexity index is 1610. The molecule has 8 nitrogen and oxygen atoms in total. The summed E-state index contributed by atoms with van der Waals surface area (Å²) in [6.45, 7) is 14.1. The third-order valence-corrected chi connectivity index (χ3v) is 14.6. The van der Waals surface area contributed by atoms with Gasteiger partial charge >= 0.3 is 0 Å². The van der Waals surface area contributed by atoms with Gasteiger partial charge < -0.3 is 4.90 Å². The van der Waals surface area contributed by atoms with E-state index in [0.717, 1.165) is 32.1 Å². The Morgan fingerprint density at radius 2 is 1.63 bits per heavy atom. The smallest absolute Gasteiger partial charge is 0.227 e. The quantitative estimate of drug-likeness (QED) is 0.114. The molecule has 1 aromatic carbocycles. The monoisotopic (exact) mass is 721 g/mol. The van der Waals surface area contributed by atoms with E-state index < -0.39 is 50.1 Å². The predicted molar refractivity (Wildman–Crippen MR) is 197 cm³/mol. The van der Waals surface area contributed by atoms with Crippen molar-refractivity contribution in [2.45, 2.75) is 129 Å². The number of ketones is 4. The van der Waals surface area contributed by atoms with Gasteiger partial charge in [-0.15, -0.1) is 6.58 Å². The number of allylic oxidation sites excluding steroid dienone is 1. The highest BCUT2D eigenvalue weighted by molar-refractivity contribution is 7.91. The largest absolute Gasteiger partial charge is 0.332 e. The molecule has 4 fully saturated rings. The summed E-state index contributed by atoms with van der Waals surface area (Å²) in [7, 11) is -3.62. The number of hydrogen-bond acceptors (Lipinski definition) is 7. The molecule has 5 atom stereocenters. The molecule has 1 amide bonds. The zero-order chi connectivity index (χ0) is 37.4. The van der Waals surface area contributed by atoms with Crippen LogP contribution in [0.15, 0.2) is 47.9 Å². The minimum absolute atomic E-state index is 0.0216. The van der Waals surface area contributed by atoms with Gasteiger partial charge in [-0.3, -0.25) is 24.0 Å². The molecule has 0 aromatic heterocycles. The number of rotatable bonds is 18. The lowest BCUT2D eigenvalue weighted by molar-refractivity contribution is -0.148. The fourth-order valence-electron chi connectivity index (χ4n) is 9.34. The van der Waals surface area contributed by atoms with Crippen LogP contribution in [0.2, 0.25) is 0 Å². The van der Waals surface area contributed by atoms with Gasteiger partial charge in [0, 0.05) is 44.1 Å². The number of benzene rings is 1. The van der Waals surface area contributed by atoms with Gasteiger partial charge in [0.1, 0.15) is 5.78 Å². The van der Waals surface area contributed by atoms with Crippen LogP contribution in [0.5, 0.6) is 0 Å². The average molecular weight is 722 g/mol. The van der Waals surface area contributed by atoms with Crippen molar-refractivity contribution in [3.63, 3.8) is 0 Å². The molecule has 3 saturated carbocycles. The topological polar surface area (TPSA) is 123 Å². The summed E-state index contributed by atoms with van der Waals surface area (Å²) in [6, 6.07) is 7.71. The molecule has 0 spiro atoms. The van der Waals surface area contributed by atoms with Crippen LogP contribution in [0.4, 0.5) is 0 Å². The molecule has 5 rings (SSSR count). The first-order valence-electron chi connectivity index (χ1n) is 19.2. The minimum atomic E-state index is -3.62. The van der Waals surface area contributed by atoms with E-state index in [0.29, 0.717) is 38.1 Å². The van der Waals surface area contributed by atoms with Crippen LogP contribution in [0.3, 0.4) is 0 Å². The van der Waals surface area contributed by atoms with E-state index in [1.165, 1.54) is 0 Å². The number of carbonyl (C=O) groups excluding carboxylic acids is 5. The maximum atomic E-state index is 14.6. The van der Waals surface area contributed by atoms with Crippen LogP contribution in [-0.4, -0.2) is 60.7 Å². The molecule has 0 N–H and O–H groups in total. The highest BCUT2D eigenvalue weighted by atomic mass is 32.2. The number of likely N-dealkylation sites (tertiary alicyclic amines) is 1. The van der Waals surface area contributed by atoms with E-state index in [1.807, 2.05) is 20.8 Å². The lowest BCUT2D eigenvalue weighted by atomic mass is 9.70. The summed E-state index contributed by atoms with van der Waals surface area (Å²) < 4.78 is 27.1. The Balaban J connectivity index is 1.34. The van der Waals surface area contributed by atoms with E-state index in [2.05, 4.69) is 20.4 Å².